The summed E-state index contributed by atoms with van der Waals surface area (Å²) in [7, 11) is 1.68. The van der Waals surface area contributed by atoms with Crippen LogP contribution in [0.4, 0.5) is 4.79 Å². The number of hydrogen-bond donors (Lipinski definition) is 1. The van der Waals surface area contributed by atoms with Crippen molar-refractivity contribution in [1.29, 1.82) is 0 Å². The van der Waals surface area contributed by atoms with Crippen molar-refractivity contribution < 1.29 is 14.3 Å². The van der Waals surface area contributed by atoms with Crippen LogP contribution in [0, 0.1) is 6.92 Å². The number of nitrogens with zero attached hydrogens (tertiary/aromatic N) is 1. The van der Waals surface area contributed by atoms with E-state index < -0.39 is 6.09 Å². The number of hydrogen-bond acceptors (Lipinski definition) is 4. The number of ether oxygens (including phenoxy) is 2. The summed E-state index contributed by atoms with van der Waals surface area (Å²) in [5.41, 5.74) is 3.52. The molecule has 5 nitrogen and oxygen atoms in total. The fourth-order valence-corrected chi connectivity index (χ4v) is 3.25. The average molecular weight is 385 g/mol. The Morgan fingerprint density at radius 1 is 1.18 bits per heavy atom. The van der Waals surface area contributed by atoms with Gasteiger partial charge in [-0.05, 0) is 55.9 Å². The third kappa shape index (κ3) is 6.55. The van der Waals surface area contributed by atoms with E-state index in [0.717, 1.165) is 43.7 Å². The van der Waals surface area contributed by atoms with Crippen LogP contribution < -0.4 is 14.8 Å². The molecule has 1 amide bonds. The number of rotatable bonds is 10. The highest BCUT2D eigenvalue weighted by atomic mass is 16.6. The number of unbranched alkanes of at least 4 members (excludes halogenated alkanes) is 2. The van der Waals surface area contributed by atoms with Crippen LogP contribution in [-0.4, -0.2) is 24.7 Å². The van der Waals surface area contributed by atoms with E-state index in [1.165, 1.54) is 11.1 Å². The second-order valence-electron chi connectivity index (χ2n) is 7.06. The predicted molar refractivity (Wildman–Crippen MR) is 112 cm³/mol. The van der Waals surface area contributed by atoms with Gasteiger partial charge in [0.05, 0.1) is 7.11 Å². The number of methoxy groups -OCH3 is 1. The molecule has 0 aliphatic carbocycles. The molecular formula is C23H32N2O3. The summed E-state index contributed by atoms with van der Waals surface area (Å²) in [5.74, 6) is 1.69. The molecule has 152 valence electrons. The second-order valence-corrected chi connectivity index (χ2v) is 7.06. The maximum Gasteiger partial charge on any atom is 0.412 e. The first kappa shape index (κ1) is 21.7. The van der Waals surface area contributed by atoms with Gasteiger partial charge in [-0.15, -0.1) is 0 Å². The smallest absolute Gasteiger partial charge is 0.412 e. The zero-order valence-electron chi connectivity index (χ0n) is 17.5. The third-order valence-electron chi connectivity index (χ3n) is 4.95. The monoisotopic (exact) mass is 384 g/mol. The minimum atomic E-state index is -0.401. The van der Waals surface area contributed by atoms with E-state index in [1.807, 2.05) is 25.1 Å². The molecule has 1 aromatic heterocycles. The number of carbonyl (C=O) groups excluding carboxylic acids is 1. The number of benzene rings is 1. The van der Waals surface area contributed by atoms with E-state index >= 15 is 0 Å². The molecule has 0 aliphatic heterocycles. The molecule has 1 N–H and O–H groups in total. The number of amides is 1. The lowest BCUT2D eigenvalue weighted by molar-refractivity contribution is 0.200. The molecule has 0 radical (unpaired) electrons. The standard InChI is InChI=1S/C23H32N2O3/c1-5-19-16-21(22(27-4)25-18(19)3)17(2)12-8-7-11-15-24-23(26)28-20-13-9-6-10-14-20/h6,9-10,13-14,16-17H,5,7-8,11-12,15H2,1-4H3,(H,24,26). The normalized spacial score (nSPS) is 11.7. The molecule has 1 aromatic carbocycles. The van der Waals surface area contributed by atoms with Gasteiger partial charge in [-0.3, -0.25) is 0 Å². The van der Waals surface area contributed by atoms with Gasteiger partial charge in [0, 0.05) is 17.8 Å². The SMILES string of the molecule is CCc1cc(C(C)CCCCCNC(=O)Oc2ccccc2)c(OC)nc1C. The van der Waals surface area contributed by atoms with Gasteiger partial charge >= 0.3 is 6.09 Å². The van der Waals surface area contributed by atoms with E-state index in [0.29, 0.717) is 18.2 Å². The summed E-state index contributed by atoms with van der Waals surface area (Å²) < 4.78 is 10.7. The van der Waals surface area contributed by atoms with Crippen molar-refractivity contribution in [2.75, 3.05) is 13.7 Å². The molecule has 0 saturated heterocycles. The summed E-state index contributed by atoms with van der Waals surface area (Å²) in [4.78, 5) is 16.4. The number of aromatic nitrogens is 1. The van der Waals surface area contributed by atoms with E-state index in [9.17, 15) is 4.79 Å². The van der Waals surface area contributed by atoms with E-state index in [4.69, 9.17) is 9.47 Å². The number of pyridine rings is 1. The van der Waals surface area contributed by atoms with Crippen molar-refractivity contribution in [3.63, 3.8) is 0 Å². The zero-order chi connectivity index (χ0) is 20.4. The fraction of sp³-hybridized carbons (Fsp3) is 0.478. The summed E-state index contributed by atoms with van der Waals surface area (Å²) >= 11 is 0. The molecule has 1 atom stereocenters. The van der Waals surface area contributed by atoms with Gasteiger partial charge in [0.25, 0.3) is 0 Å². The van der Waals surface area contributed by atoms with Crippen LogP contribution in [0.25, 0.3) is 0 Å². The fourth-order valence-electron chi connectivity index (χ4n) is 3.25. The first-order valence-electron chi connectivity index (χ1n) is 10.1. The highest BCUT2D eigenvalue weighted by Gasteiger charge is 2.15. The Kier molecular flexibility index (Phi) is 8.79. The maximum atomic E-state index is 11.7. The Morgan fingerprint density at radius 2 is 1.93 bits per heavy atom. The van der Waals surface area contributed by atoms with Crippen molar-refractivity contribution in [3.8, 4) is 11.6 Å². The van der Waals surface area contributed by atoms with E-state index in [-0.39, 0.29) is 0 Å². The van der Waals surface area contributed by atoms with Crippen molar-refractivity contribution in [2.24, 2.45) is 0 Å². The topological polar surface area (TPSA) is 60.5 Å². The summed E-state index contributed by atoms with van der Waals surface area (Å²) in [6, 6.07) is 11.3. The van der Waals surface area contributed by atoms with E-state index in [1.54, 1.807) is 19.2 Å². The average Bonchev–Trinajstić information content (AvgIpc) is 2.70. The first-order valence-corrected chi connectivity index (χ1v) is 10.1. The minimum Gasteiger partial charge on any atom is -0.481 e. The molecule has 0 spiro atoms. The Labute approximate surface area is 168 Å². The lowest BCUT2D eigenvalue weighted by Crippen LogP contribution is -2.27. The highest BCUT2D eigenvalue weighted by Crippen LogP contribution is 2.30. The Balaban J connectivity index is 1.70. The lowest BCUT2D eigenvalue weighted by atomic mass is 9.93. The van der Waals surface area contributed by atoms with Gasteiger partial charge in [-0.1, -0.05) is 44.9 Å². The van der Waals surface area contributed by atoms with Crippen LogP contribution in [0.5, 0.6) is 11.6 Å². The summed E-state index contributed by atoms with van der Waals surface area (Å²) in [5, 5.41) is 2.80. The molecule has 2 aromatic rings. The van der Waals surface area contributed by atoms with Crippen LogP contribution in [0.1, 0.15) is 62.3 Å². The largest absolute Gasteiger partial charge is 0.481 e. The Bertz CT molecular complexity index is 747. The lowest BCUT2D eigenvalue weighted by Gasteiger charge is -2.17. The van der Waals surface area contributed by atoms with Gasteiger partial charge in [0.1, 0.15) is 5.75 Å². The van der Waals surface area contributed by atoms with Crippen LogP contribution in [-0.2, 0) is 6.42 Å². The summed E-state index contributed by atoms with van der Waals surface area (Å²) in [6.07, 6.45) is 4.72. The molecule has 1 heterocycles. The van der Waals surface area contributed by atoms with Gasteiger partial charge < -0.3 is 14.8 Å². The number of carbonyl (C=O) groups is 1. The third-order valence-corrected chi connectivity index (χ3v) is 4.95. The Hall–Kier alpha value is -2.56. The molecule has 0 fully saturated rings. The molecule has 0 bridgehead atoms. The predicted octanol–water partition coefficient (Wildman–Crippen LogP) is 5.41. The molecule has 2 rings (SSSR count). The summed E-state index contributed by atoms with van der Waals surface area (Å²) in [6.45, 7) is 7.03. The quantitative estimate of drug-likeness (QED) is 0.556. The zero-order valence-corrected chi connectivity index (χ0v) is 17.5. The number of nitrogens with one attached hydrogen (secondary N) is 1. The van der Waals surface area contributed by atoms with Crippen molar-refractivity contribution in [1.82, 2.24) is 10.3 Å². The number of para-hydroxylation sites is 1. The molecular weight excluding hydrogens is 352 g/mol. The van der Waals surface area contributed by atoms with Gasteiger partial charge in [0.15, 0.2) is 0 Å². The van der Waals surface area contributed by atoms with Crippen molar-refractivity contribution in [3.05, 3.63) is 53.2 Å². The minimum absolute atomic E-state index is 0.393. The van der Waals surface area contributed by atoms with Gasteiger partial charge in [-0.2, -0.15) is 0 Å². The van der Waals surface area contributed by atoms with Crippen LogP contribution in [0.2, 0.25) is 0 Å². The molecule has 28 heavy (non-hydrogen) atoms. The Morgan fingerprint density at radius 3 is 2.61 bits per heavy atom. The van der Waals surface area contributed by atoms with E-state index in [2.05, 4.69) is 30.2 Å². The van der Waals surface area contributed by atoms with Gasteiger partial charge in [0.2, 0.25) is 5.88 Å². The van der Waals surface area contributed by atoms with Crippen molar-refractivity contribution in [2.45, 2.75) is 58.8 Å². The molecule has 5 heteroatoms. The van der Waals surface area contributed by atoms with Crippen LogP contribution in [0.15, 0.2) is 36.4 Å². The van der Waals surface area contributed by atoms with Crippen molar-refractivity contribution >= 4 is 6.09 Å². The van der Waals surface area contributed by atoms with Crippen LogP contribution in [0.3, 0.4) is 0 Å². The maximum absolute atomic E-state index is 11.7. The molecule has 0 saturated carbocycles. The number of aryl methyl sites for hydroxylation is 2. The first-order chi connectivity index (χ1) is 13.5. The van der Waals surface area contributed by atoms with Gasteiger partial charge in [-0.25, -0.2) is 9.78 Å². The second kappa shape index (κ2) is 11.3. The van der Waals surface area contributed by atoms with Crippen LogP contribution >= 0.6 is 0 Å². The highest BCUT2D eigenvalue weighted by molar-refractivity contribution is 5.70. The molecule has 0 aliphatic rings. The molecule has 1 unspecified atom stereocenters.